The summed E-state index contributed by atoms with van der Waals surface area (Å²) in [7, 11) is 1.56. The zero-order valence-corrected chi connectivity index (χ0v) is 14.2. The van der Waals surface area contributed by atoms with Gasteiger partial charge in [-0.3, -0.25) is 4.79 Å². The molecule has 0 heterocycles. The molecule has 3 aromatic rings. The standard InChI is InChI=1S/C19H15BrO3/c1-22-18-10-13(11-21)9-17(20)19(18)23-12-15-7-4-6-14-5-2-3-8-16(14)15/h2-11H,12H2,1H3. The predicted octanol–water partition coefficient (Wildman–Crippen LogP) is 5.00. The van der Waals surface area contributed by atoms with Crippen LogP contribution in [-0.4, -0.2) is 13.4 Å². The molecule has 3 aromatic carbocycles. The normalized spacial score (nSPS) is 10.5. The summed E-state index contributed by atoms with van der Waals surface area (Å²) in [6.45, 7) is 0.413. The van der Waals surface area contributed by atoms with E-state index in [1.54, 1.807) is 19.2 Å². The van der Waals surface area contributed by atoms with E-state index in [2.05, 4.69) is 34.1 Å². The monoisotopic (exact) mass is 370 g/mol. The maximum Gasteiger partial charge on any atom is 0.175 e. The van der Waals surface area contributed by atoms with E-state index in [4.69, 9.17) is 9.47 Å². The minimum Gasteiger partial charge on any atom is -0.493 e. The quantitative estimate of drug-likeness (QED) is 0.592. The topological polar surface area (TPSA) is 35.5 Å². The number of halogens is 1. The summed E-state index contributed by atoms with van der Waals surface area (Å²) >= 11 is 3.44. The van der Waals surface area contributed by atoms with Gasteiger partial charge in [0.2, 0.25) is 0 Å². The molecule has 0 amide bonds. The van der Waals surface area contributed by atoms with Crippen LogP contribution in [-0.2, 0) is 6.61 Å². The van der Waals surface area contributed by atoms with Gasteiger partial charge >= 0.3 is 0 Å². The smallest absolute Gasteiger partial charge is 0.175 e. The molecule has 0 aliphatic rings. The predicted molar refractivity (Wildman–Crippen MR) is 94.4 cm³/mol. The molecule has 0 bridgehead atoms. The lowest BCUT2D eigenvalue weighted by molar-refractivity contribution is 0.112. The van der Waals surface area contributed by atoms with E-state index in [1.807, 2.05) is 24.3 Å². The molecule has 3 nitrogen and oxygen atoms in total. The van der Waals surface area contributed by atoms with Crippen molar-refractivity contribution in [3.8, 4) is 11.5 Å². The minimum absolute atomic E-state index is 0.413. The van der Waals surface area contributed by atoms with Crippen molar-refractivity contribution in [1.29, 1.82) is 0 Å². The van der Waals surface area contributed by atoms with Gasteiger partial charge in [0.15, 0.2) is 11.5 Å². The zero-order chi connectivity index (χ0) is 16.2. The van der Waals surface area contributed by atoms with Crippen molar-refractivity contribution < 1.29 is 14.3 Å². The molecule has 23 heavy (non-hydrogen) atoms. The first-order valence-corrected chi connectivity index (χ1v) is 7.94. The number of benzene rings is 3. The summed E-state index contributed by atoms with van der Waals surface area (Å²) in [5, 5.41) is 2.34. The van der Waals surface area contributed by atoms with Crippen LogP contribution in [0.5, 0.6) is 11.5 Å². The molecule has 0 N–H and O–H groups in total. The maximum atomic E-state index is 10.9. The van der Waals surface area contributed by atoms with Crippen LogP contribution in [0, 0.1) is 0 Å². The molecular weight excluding hydrogens is 356 g/mol. The van der Waals surface area contributed by atoms with Crippen molar-refractivity contribution in [3.63, 3.8) is 0 Å². The second kappa shape index (κ2) is 6.84. The Kier molecular flexibility index (Phi) is 4.63. The maximum absolute atomic E-state index is 10.9. The second-order valence-corrected chi connectivity index (χ2v) is 5.93. The number of carbonyl (C=O) groups is 1. The lowest BCUT2D eigenvalue weighted by Gasteiger charge is -2.14. The Morgan fingerprint density at radius 3 is 2.65 bits per heavy atom. The van der Waals surface area contributed by atoms with Crippen LogP contribution in [0.4, 0.5) is 0 Å². The van der Waals surface area contributed by atoms with Gasteiger partial charge in [-0.05, 0) is 44.4 Å². The van der Waals surface area contributed by atoms with Gasteiger partial charge in [0.25, 0.3) is 0 Å². The highest BCUT2D eigenvalue weighted by molar-refractivity contribution is 9.10. The Morgan fingerprint density at radius 1 is 1.09 bits per heavy atom. The van der Waals surface area contributed by atoms with E-state index in [9.17, 15) is 4.79 Å². The van der Waals surface area contributed by atoms with Crippen molar-refractivity contribution >= 4 is 33.0 Å². The van der Waals surface area contributed by atoms with Crippen LogP contribution in [0.25, 0.3) is 10.8 Å². The van der Waals surface area contributed by atoms with E-state index in [1.165, 1.54) is 5.39 Å². The summed E-state index contributed by atoms with van der Waals surface area (Å²) in [5.41, 5.74) is 1.63. The molecular formula is C19H15BrO3. The van der Waals surface area contributed by atoms with E-state index in [0.717, 1.165) is 17.2 Å². The highest BCUT2D eigenvalue weighted by Gasteiger charge is 2.12. The van der Waals surface area contributed by atoms with E-state index < -0.39 is 0 Å². The van der Waals surface area contributed by atoms with Crippen molar-refractivity contribution in [1.82, 2.24) is 0 Å². The Hall–Kier alpha value is -2.33. The van der Waals surface area contributed by atoms with Crippen LogP contribution >= 0.6 is 15.9 Å². The van der Waals surface area contributed by atoms with E-state index in [-0.39, 0.29) is 0 Å². The van der Waals surface area contributed by atoms with Crippen molar-refractivity contribution in [3.05, 3.63) is 70.2 Å². The molecule has 0 radical (unpaired) electrons. The molecule has 0 fully saturated rings. The molecule has 0 unspecified atom stereocenters. The molecule has 0 saturated carbocycles. The van der Waals surface area contributed by atoms with Gasteiger partial charge in [-0.1, -0.05) is 42.5 Å². The van der Waals surface area contributed by atoms with Crippen LogP contribution in [0.1, 0.15) is 15.9 Å². The third-order valence-electron chi connectivity index (χ3n) is 3.64. The lowest BCUT2D eigenvalue weighted by atomic mass is 10.1. The Morgan fingerprint density at radius 2 is 1.87 bits per heavy atom. The first-order chi connectivity index (χ1) is 11.2. The van der Waals surface area contributed by atoms with E-state index in [0.29, 0.717) is 28.1 Å². The molecule has 0 saturated heterocycles. The lowest BCUT2D eigenvalue weighted by Crippen LogP contribution is -2.00. The van der Waals surface area contributed by atoms with Gasteiger partial charge in [0.1, 0.15) is 12.9 Å². The van der Waals surface area contributed by atoms with Crippen molar-refractivity contribution in [2.24, 2.45) is 0 Å². The Labute approximate surface area is 143 Å². The first-order valence-electron chi connectivity index (χ1n) is 7.15. The SMILES string of the molecule is COc1cc(C=O)cc(Br)c1OCc1cccc2ccccc12. The summed E-state index contributed by atoms with van der Waals surface area (Å²) in [6, 6.07) is 17.7. The zero-order valence-electron chi connectivity index (χ0n) is 12.6. The molecule has 3 rings (SSSR count). The van der Waals surface area contributed by atoms with Crippen LogP contribution in [0.2, 0.25) is 0 Å². The van der Waals surface area contributed by atoms with Gasteiger partial charge < -0.3 is 9.47 Å². The number of carbonyl (C=O) groups excluding carboxylic acids is 1. The van der Waals surface area contributed by atoms with Gasteiger partial charge in [0, 0.05) is 5.56 Å². The highest BCUT2D eigenvalue weighted by Crippen LogP contribution is 2.37. The second-order valence-electron chi connectivity index (χ2n) is 5.08. The summed E-state index contributed by atoms with van der Waals surface area (Å²) in [5.74, 6) is 1.12. The van der Waals surface area contributed by atoms with Gasteiger partial charge in [-0.15, -0.1) is 0 Å². The number of methoxy groups -OCH3 is 1. The average Bonchev–Trinajstić information content (AvgIpc) is 2.60. The summed E-state index contributed by atoms with van der Waals surface area (Å²) in [4.78, 5) is 10.9. The molecule has 0 aliphatic heterocycles. The van der Waals surface area contributed by atoms with Gasteiger partial charge in [-0.25, -0.2) is 0 Å². The fourth-order valence-electron chi connectivity index (χ4n) is 2.52. The fraction of sp³-hybridized carbons (Fsp3) is 0.105. The highest BCUT2D eigenvalue weighted by atomic mass is 79.9. The Balaban J connectivity index is 1.92. The minimum atomic E-state index is 0.413. The first kappa shape index (κ1) is 15.6. The van der Waals surface area contributed by atoms with Crippen LogP contribution < -0.4 is 9.47 Å². The summed E-state index contributed by atoms with van der Waals surface area (Å²) in [6.07, 6.45) is 0.780. The van der Waals surface area contributed by atoms with Crippen LogP contribution in [0.15, 0.2) is 59.1 Å². The number of hydrogen-bond acceptors (Lipinski definition) is 3. The molecule has 0 spiro atoms. The number of rotatable bonds is 5. The number of aldehydes is 1. The van der Waals surface area contributed by atoms with Crippen LogP contribution in [0.3, 0.4) is 0 Å². The van der Waals surface area contributed by atoms with E-state index >= 15 is 0 Å². The third kappa shape index (κ3) is 3.22. The number of ether oxygens (including phenoxy) is 2. The number of hydrogen-bond donors (Lipinski definition) is 0. The third-order valence-corrected chi connectivity index (χ3v) is 4.23. The molecule has 0 aliphatic carbocycles. The molecule has 0 aromatic heterocycles. The molecule has 0 atom stereocenters. The van der Waals surface area contributed by atoms with Gasteiger partial charge in [0.05, 0.1) is 11.6 Å². The molecule has 116 valence electrons. The summed E-state index contributed by atoms with van der Waals surface area (Å²) < 4.78 is 12.0. The number of fused-ring (bicyclic) bond motifs is 1. The average molecular weight is 371 g/mol. The van der Waals surface area contributed by atoms with Gasteiger partial charge in [-0.2, -0.15) is 0 Å². The van der Waals surface area contributed by atoms with Crippen molar-refractivity contribution in [2.75, 3.05) is 7.11 Å². The fourth-order valence-corrected chi connectivity index (χ4v) is 3.09. The molecule has 4 heteroatoms. The Bertz CT molecular complexity index is 853. The van der Waals surface area contributed by atoms with Crippen molar-refractivity contribution in [2.45, 2.75) is 6.61 Å². The largest absolute Gasteiger partial charge is 0.493 e.